The third kappa shape index (κ3) is 2.93. The van der Waals surface area contributed by atoms with Crippen LogP contribution in [0.1, 0.15) is 5.56 Å². The van der Waals surface area contributed by atoms with Crippen molar-refractivity contribution < 1.29 is 14.2 Å². The fourth-order valence-electron chi connectivity index (χ4n) is 2.61. The van der Waals surface area contributed by atoms with Crippen LogP contribution in [0.5, 0.6) is 17.2 Å². The molecule has 118 valence electrons. The fraction of sp³-hybridized carbons (Fsp3) is 0.235. The van der Waals surface area contributed by atoms with Crippen molar-refractivity contribution in [2.75, 3.05) is 19.9 Å². The van der Waals surface area contributed by atoms with Gasteiger partial charge < -0.3 is 19.5 Å². The summed E-state index contributed by atoms with van der Waals surface area (Å²) < 4.78 is 16.3. The van der Waals surface area contributed by atoms with Crippen molar-refractivity contribution in [1.29, 1.82) is 0 Å². The first kappa shape index (κ1) is 13.9. The molecular formula is C17H17N3O3. The average Bonchev–Trinajstić information content (AvgIpc) is 3.23. The van der Waals surface area contributed by atoms with Gasteiger partial charge in [0, 0.05) is 24.5 Å². The molecular weight excluding hydrogens is 294 g/mol. The van der Waals surface area contributed by atoms with Gasteiger partial charge in [0.2, 0.25) is 6.79 Å². The van der Waals surface area contributed by atoms with Crippen molar-refractivity contribution in [3.05, 3.63) is 48.2 Å². The van der Waals surface area contributed by atoms with Gasteiger partial charge in [0.1, 0.15) is 12.4 Å². The number of benzene rings is 2. The molecule has 1 aromatic heterocycles. The first-order valence-corrected chi connectivity index (χ1v) is 7.54. The van der Waals surface area contributed by atoms with E-state index < -0.39 is 0 Å². The Morgan fingerprint density at radius 2 is 2.13 bits per heavy atom. The average molecular weight is 311 g/mol. The normalized spacial score (nSPS) is 12.7. The molecule has 0 fully saturated rings. The van der Waals surface area contributed by atoms with Gasteiger partial charge >= 0.3 is 0 Å². The summed E-state index contributed by atoms with van der Waals surface area (Å²) in [6, 6.07) is 11.8. The number of ether oxygens (including phenoxy) is 3. The van der Waals surface area contributed by atoms with Crippen molar-refractivity contribution in [1.82, 2.24) is 15.5 Å². The van der Waals surface area contributed by atoms with Gasteiger partial charge in [0.05, 0.1) is 11.7 Å². The summed E-state index contributed by atoms with van der Waals surface area (Å²) in [5.41, 5.74) is 2.28. The molecule has 6 heteroatoms. The van der Waals surface area contributed by atoms with Gasteiger partial charge in [-0.2, -0.15) is 5.10 Å². The number of aromatic nitrogens is 2. The minimum Gasteiger partial charge on any atom is -0.492 e. The Morgan fingerprint density at radius 3 is 3.13 bits per heavy atom. The second-order valence-electron chi connectivity index (χ2n) is 5.29. The Labute approximate surface area is 133 Å². The molecule has 0 unspecified atom stereocenters. The molecule has 0 bridgehead atoms. The molecule has 0 amide bonds. The summed E-state index contributed by atoms with van der Waals surface area (Å²) in [7, 11) is 0. The highest BCUT2D eigenvalue weighted by Gasteiger charge is 2.13. The maximum atomic E-state index is 5.72. The molecule has 4 rings (SSSR count). The number of nitrogens with one attached hydrogen (secondary N) is 2. The van der Waals surface area contributed by atoms with Gasteiger partial charge in [-0.1, -0.05) is 18.2 Å². The van der Waals surface area contributed by atoms with E-state index in [4.69, 9.17) is 14.2 Å². The zero-order valence-corrected chi connectivity index (χ0v) is 12.5. The monoisotopic (exact) mass is 311 g/mol. The first-order chi connectivity index (χ1) is 11.4. The van der Waals surface area contributed by atoms with Crippen molar-refractivity contribution in [3.8, 4) is 17.2 Å². The van der Waals surface area contributed by atoms with Crippen molar-refractivity contribution in [3.63, 3.8) is 0 Å². The third-order valence-electron chi connectivity index (χ3n) is 3.77. The molecule has 0 saturated carbocycles. The van der Waals surface area contributed by atoms with Crippen LogP contribution in [-0.4, -0.2) is 30.1 Å². The Bertz CT molecular complexity index is 816. The molecule has 1 aliphatic rings. The summed E-state index contributed by atoms with van der Waals surface area (Å²) in [5.74, 6) is 2.29. The number of hydrogen-bond donors (Lipinski definition) is 2. The smallest absolute Gasteiger partial charge is 0.231 e. The number of fused-ring (bicyclic) bond motifs is 2. The van der Waals surface area contributed by atoms with Gasteiger partial charge in [0.25, 0.3) is 0 Å². The van der Waals surface area contributed by atoms with Gasteiger partial charge in [-0.15, -0.1) is 0 Å². The first-order valence-electron chi connectivity index (χ1n) is 7.54. The van der Waals surface area contributed by atoms with Gasteiger partial charge in [-0.05, 0) is 17.7 Å². The van der Waals surface area contributed by atoms with E-state index >= 15 is 0 Å². The van der Waals surface area contributed by atoms with E-state index in [0.717, 1.165) is 41.2 Å². The van der Waals surface area contributed by atoms with E-state index in [0.29, 0.717) is 6.61 Å². The quantitative estimate of drug-likeness (QED) is 0.684. The highest BCUT2D eigenvalue weighted by molar-refractivity contribution is 5.81. The lowest BCUT2D eigenvalue weighted by Crippen LogP contribution is -2.20. The highest BCUT2D eigenvalue weighted by Crippen LogP contribution is 2.34. The number of hydrogen-bond acceptors (Lipinski definition) is 5. The summed E-state index contributed by atoms with van der Waals surface area (Å²) >= 11 is 0. The molecule has 2 N–H and O–H groups in total. The van der Waals surface area contributed by atoms with Crippen LogP contribution >= 0.6 is 0 Å². The van der Waals surface area contributed by atoms with Crippen molar-refractivity contribution in [2.45, 2.75) is 6.54 Å². The van der Waals surface area contributed by atoms with Gasteiger partial charge in [-0.25, -0.2) is 0 Å². The minimum absolute atomic E-state index is 0.277. The second-order valence-corrected chi connectivity index (χ2v) is 5.29. The maximum absolute atomic E-state index is 5.72. The van der Waals surface area contributed by atoms with E-state index in [-0.39, 0.29) is 6.79 Å². The van der Waals surface area contributed by atoms with E-state index in [1.807, 2.05) is 36.5 Å². The van der Waals surface area contributed by atoms with Crippen LogP contribution < -0.4 is 19.5 Å². The number of nitrogens with zero attached hydrogens (tertiary/aromatic N) is 1. The Hall–Kier alpha value is -2.73. The molecule has 6 nitrogen and oxygen atoms in total. The lowest BCUT2D eigenvalue weighted by Gasteiger charge is -2.08. The topological polar surface area (TPSA) is 68.4 Å². The van der Waals surface area contributed by atoms with E-state index in [1.54, 1.807) is 0 Å². The number of rotatable bonds is 6. The second kappa shape index (κ2) is 6.18. The Kier molecular flexibility index (Phi) is 3.73. The summed E-state index contributed by atoms with van der Waals surface area (Å²) in [6.45, 7) is 2.38. The predicted molar refractivity (Wildman–Crippen MR) is 85.9 cm³/mol. The largest absolute Gasteiger partial charge is 0.492 e. The lowest BCUT2D eigenvalue weighted by atomic mass is 10.1. The molecule has 0 saturated heterocycles. The van der Waals surface area contributed by atoms with Crippen molar-refractivity contribution in [2.24, 2.45) is 0 Å². The van der Waals surface area contributed by atoms with Crippen LogP contribution in [-0.2, 0) is 6.54 Å². The molecule has 3 aromatic rings. The third-order valence-corrected chi connectivity index (χ3v) is 3.77. The van der Waals surface area contributed by atoms with Crippen LogP contribution in [0.4, 0.5) is 0 Å². The fourth-order valence-corrected chi connectivity index (χ4v) is 2.61. The van der Waals surface area contributed by atoms with Crippen LogP contribution in [0.15, 0.2) is 42.6 Å². The van der Waals surface area contributed by atoms with E-state index in [9.17, 15) is 0 Å². The van der Waals surface area contributed by atoms with E-state index in [1.165, 1.54) is 5.56 Å². The summed E-state index contributed by atoms with van der Waals surface area (Å²) in [6.07, 6.45) is 1.83. The maximum Gasteiger partial charge on any atom is 0.231 e. The Balaban J connectivity index is 1.27. The lowest BCUT2D eigenvalue weighted by molar-refractivity contribution is 0.173. The molecule has 2 aromatic carbocycles. The molecule has 23 heavy (non-hydrogen) atoms. The highest BCUT2D eigenvalue weighted by atomic mass is 16.7. The zero-order chi connectivity index (χ0) is 15.5. The van der Waals surface area contributed by atoms with Crippen LogP contribution in [0.3, 0.4) is 0 Å². The molecule has 0 spiro atoms. The molecule has 0 aliphatic carbocycles. The van der Waals surface area contributed by atoms with E-state index in [2.05, 4.69) is 21.6 Å². The number of para-hydroxylation sites is 1. The SMILES string of the molecule is c1cc(CNCCOc2ccc3c(c2)OCO3)c2[nH]ncc2c1. The Morgan fingerprint density at radius 1 is 1.17 bits per heavy atom. The molecule has 0 atom stereocenters. The van der Waals surface area contributed by atoms with Crippen molar-refractivity contribution >= 4 is 10.9 Å². The number of H-pyrrole nitrogens is 1. The zero-order valence-electron chi connectivity index (χ0n) is 12.5. The van der Waals surface area contributed by atoms with Crippen LogP contribution in [0.25, 0.3) is 10.9 Å². The van der Waals surface area contributed by atoms with Gasteiger partial charge in [-0.3, -0.25) is 5.10 Å². The summed E-state index contributed by atoms with van der Waals surface area (Å²) in [5, 5.41) is 11.6. The van der Waals surface area contributed by atoms with Gasteiger partial charge in [0.15, 0.2) is 11.5 Å². The van der Waals surface area contributed by atoms with Crippen LogP contribution in [0.2, 0.25) is 0 Å². The molecule has 0 radical (unpaired) electrons. The van der Waals surface area contributed by atoms with Crippen LogP contribution in [0, 0.1) is 0 Å². The standard InChI is InChI=1S/C17H17N3O3/c1-2-12(17-13(3-1)10-19-20-17)9-18-6-7-21-14-4-5-15-16(8-14)23-11-22-15/h1-5,8,10,18H,6-7,9,11H2,(H,19,20). The molecule has 1 aliphatic heterocycles. The summed E-state index contributed by atoms with van der Waals surface area (Å²) in [4.78, 5) is 0. The number of aromatic amines is 1. The predicted octanol–water partition coefficient (Wildman–Crippen LogP) is 2.46. The molecule has 2 heterocycles. The minimum atomic E-state index is 0.277.